The molecular weight excluding hydrogens is 398 g/mol. The molecule has 2 N–H and O–H groups in total. The summed E-state index contributed by atoms with van der Waals surface area (Å²) in [7, 11) is 1.35. The van der Waals surface area contributed by atoms with Crippen LogP contribution in [0.25, 0.3) is 22.4 Å². The highest BCUT2D eigenvalue weighted by atomic mass is 16.5. The number of hydrogen-bond acceptors (Lipinski definition) is 6. The maximum atomic E-state index is 12.1. The molecule has 0 aliphatic rings. The monoisotopic (exact) mass is 417 g/mol. The van der Waals surface area contributed by atoms with Crippen molar-refractivity contribution >= 4 is 5.97 Å². The second kappa shape index (κ2) is 8.23. The highest BCUT2D eigenvalue weighted by Crippen LogP contribution is 2.25. The first-order chi connectivity index (χ1) is 14.9. The molecule has 0 spiro atoms. The molecule has 0 saturated heterocycles. The lowest BCUT2D eigenvalue weighted by Crippen LogP contribution is -2.22. The minimum atomic E-state index is -0.581. The molecule has 1 aromatic carbocycles. The van der Waals surface area contributed by atoms with Crippen LogP contribution in [0.4, 0.5) is 0 Å². The molecule has 4 rings (SSSR count). The number of H-pyrrole nitrogens is 2. The van der Waals surface area contributed by atoms with E-state index in [4.69, 9.17) is 4.74 Å². The van der Waals surface area contributed by atoms with E-state index < -0.39 is 11.2 Å². The Labute approximate surface area is 176 Å². The van der Waals surface area contributed by atoms with E-state index in [1.807, 2.05) is 42.1 Å². The van der Waals surface area contributed by atoms with Gasteiger partial charge < -0.3 is 14.3 Å². The Morgan fingerprint density at radius 3 is 2.74 bits per heavy atom. The average Bonchev–Trinajstić information content (AvgIpc) is 3.22. The second-order valence-electron chi connectivity index (χ2n) is 6.98. The molecule has 0 unspecified atom stereocenters. The van der Waals surface area contributed by atoms with E-state index in [1.54, 1.807) is 18.2 Å². The lowest BCUT2D eigenvalue weighted by atomic mass is 10.1. The predicted molar refractivity (Wildman–Crippen MR) is 114 cm³/mol. The first-order valence-electron chi connectivity index (χ1n) is 9.44. The van der Waals surface area contributed by atoms with Gasteiger partial charge in [0.1, 0.15) is 5.69 Å². The van der Waals surface area contributed by atoms with Crippen LogP contribution >= 0.6 is 0 Å². The average molecular weight is 417 g/mol. The Hall–Kier alpha value is -4.27. The number of nitrogens with zero attached hydrogens (tertiary/aromatic N) is 3. The lowest BCUT2D eigenvalue weighted by Gasteiger charge is -2.07. The number of nitrogens with one attached hydrogen (secondary N) is 2. The largest absolute Gasteiger partial charge is 0.465 e. The Balaban J connectivity index is 1.64. The highest BCUT2D eigenvalue weighted by molar-refractivity contribution is 5.89. The molecule has 0 fully saturated rings. The Bertz CT molecular complexity index is 1380. The molecule has 31 heavy (non-hydrogen) atoms. The van der Waals surface area contributed by atoms with Gasteiger partial charge in [0.2, 0.25) is 0 Å². The molecule has 0 radical (unpaired) electrons. The summed E-state index contributed by atoms with van der Waals surface area (Å²) in [6, 6.07) is 11.0. The number of esters is 1. The van der Waals surface area contributed by atoms with Crippen LogP contribution in [0.2, 0.25) is 0 Å². The third-order valence-corrected chi connectivity index (χ3v) is 4.85. The number of hydrogen-bond donors (Lipinski definition) is 2. The summed E-state index contributed by atoms with van der Waals surface area (Å²) in [5.74, 6) is -0.377. The van der Waals surface area contributed by atoms with Crippen molar-refractivity contribution < 1.29 is 9.53 Å². The molecular formula is C22H19N5O4. The molecule has 0 bridgehead atoms. The summed E-state index contributed by atoms with van der Waals surface area (Å²) in [4.78, 5) is 39.7. The van der Waals surface area contributed by atoms with Gasteiger partial charge in [-0.05, 0) is 36.8 Å². The third kappa shape index (κ3) is 4.20. The van der Waals surface area contributed by atoms with Crippen LogP contribution in [0.5, 0.6) is 0 Å². The number of rotatable bonds is 5. The van der Waals surface area contributed by atoms with E-state index in [1.165, 1.54) is 13.3 Å². The zero-order valence-corrected chi connectivity index (χ0v) is 16.9. The summed E-state index contributed by atoms with van der Waals surface area (Å²) in [5, 5.41) is 8.26. The van der Waals surface area contributed by atoms with Crippen LogP contribution in [0.15, 0.2) is 64.6 Å². The summed E-state index contributed by atoms with van der Waals surface area (Å²) < 4.78 is 6.76. The van der Waals surface area contributed by atoms with E-state index in [0.29, 0.717) is 23.5 Å². The minimum Gasteiger partial charge on any atom is -0.465 e. The molecule has 0 amide bonds. The second-order valence-corrected chi connectivity index (χ2v) is 6.98. The van der Waals surface area contributed by atoms with Crippen LogP contribution in [0.1, 0.15) is 21.6 Å². The van der Waals surface area contributed by atoms with Crippen LogP contribution in [0, 0.1) is 6.92 Å². The van der Waals surface area contributed by atoms with Gasteiger partial charge in [0.05, 0.1) is 23.9 Å². The molecule has 0 saturated carbocycles. The quantitative estimate of drug-likeness (QED) is 0.480. The zero-order chi connectivity index (χ0) is 22.0. The Kier molecular flexibility index (Phi) is 5.31. The van der Waals surface area contributed by atoms with E-state index in [0.717, 1.165) is 16.7 Å². The summed E-state index contributed by atoms with van der Waals surface area (Å²) in [6.07, 6.45) is 5.20. The van der Waals surface area contributed by atoms with Crippen LogP contribution < -0.4 is 11.2 Å². The molecule has 0 aliphatic carbocycles. The number of aromatic amines is 2. The van der Waals surface area contributed by atoms with Crippen LogP contribution in [0.3, 0.4) is 0 Å². The smallest absolute Gasteiger partial charge is 0.337 e. The Morgan fingerprint density at radius 2 is 1.97 bits per heavy atom. The number of methoxy groups -OCH3 is 1. The van der Waals surface area contributed by atoms with Crippen molar-refractivity contribution in [3.05, 3.63) is 92.6 Å². The summed E-state index contributed by atoms with van der Waals surface area (Å²) in [6.45, 7) is 2.40. The SMILES string of the molecule is COC(=O)c1cccc(Cn2ccc(-c3cc(-c4c[nH]c(=O)[nH]c4=O)nnc3C)c2)c1. The van der Waals surface area contributed by atoms with Gasteiger partial charge in [-0.1, -0.05) is 12.1 Å². The fourth-order valence-electron chi connectivity index (χ4n) is 3.30. The van der Waals surface area contributed by atoms with Gasteiger partial charge >= 0.3 is 11.7 Å². The van der Waals surface area contributed by atoms with E-state index in [2.05, 4.69) is 20.2 Å². The van der Waals surface area contributed by atoms with Crippen molar-refractivity contribution in [3.8, 4) is 22.4 Å². The van der Waals surface area contributed by atoms with Crippen molar-refractivity contribution in [1.82, 2.24) is 24.7 Å². The van der Waals surface area contributed by atoms with E-state index >= 15 is 0 Å². The maximum absolute atomic E-state index is 12.1. The lowest BCUT2D eigenvalue weighted by molar-refractivity contribution is 0.0600. The van der Waals surface area contributed by atoms with Crippen molar-refractivity contribution in [1.29, 1.82) is 0 Å². The standard InChI is InChI=1S/C22H19N5O4/c1-13-17(9-19(26-25-13)18-10-23-22(30)24-20(18)28)16-6-7-27(12-16)11-14-4-3-5-15(8-14)21(29)31-2/h3-10,12H,11H2,1-2H3,(H2,23,24,28,30). The number of benzene rings is 1. The highest BCUT2D eigenvalue weighted by Gasteiger charge is 2.12. The van der Waals surface area contributed by atoms with Crippen molar-refractivity contribution in [2.75, 3.05) is 7.11 Å². The van der Waals surface area contributed by atoms with Gasteiger partial charge in [-0.3, -0.25) is 9.78 Å². The van der Waals surface area contributed by atoms with Gasteiger partial charge in [-0.15, -0.1) is 5.10 Å². The van der Waals surface area contributed by atoms with Gasteiger partial charge in [-0.25, -0.2) is 9.59 Å². The van der Waals surface area contributed by atoms with E-state index in [-0.39, 0.29) is 11.5 Å². The predicted octanol–water partition coefficient (Wildman–Crippen LogP) is 2.13. The fraction of sp³-hybridized carbons (Fsp3) is 0.136. The summed E-state index contributed by atoms with van der Waals surface area (Å²) in [5.41, 5.74) is 3.35. The molecule has 0 atom stereocenters. The van der Waals surface area contributed by atoms with Crippen LogP contribution in [-0.4, -0.2) is 37.8 Å². The van der Waals surface area contributed by atoms with Gasteiger partial charge in [0, 0.05) is 36.3 Å². The number of carbonyl (C=O) groups is 1. The molecule has 3 aromatic heterocycles. The third-order valence-electron chi connectivity index (χ3n) is 4.85. The van der Waals surface area contributed by atoms with Gasteiger partial charge in [0.25, 0.3) is 5.56 Å². The number of ether oxygens (including phenoxy) is 1. The summed E-state index contributed by atoms with van der Waals surface area (Å²) >= 11 is 0. The minimum absolute atomic E-state index is 0.229. The zero-order valence-electron chi connectivity index (χ0n) is 16.9. The first-order valence-corrected chi connectivity index (χ1v) is 9.44. The molecule has 4 aromatic rings. The van der Waals surface area contributed by atoms with Crippen molar-refractivity contribution in [2.45, 2.75) is 13.5 Å². The number of carbonyl (C=O) groups excluding carboxylic acids is 1. The molecule has 3 heterocycles. The van der Waals surface area contributed by atoms with Gasteiger partial charge in [-0.2, -0.15) is 5.10 Å². The Morgan fingerprint density at radius 1 is 1.13 bits per heavy atom. The molecule has 9 heteroatoms. The normalized spacial score (nSPS) is 10.8. The molecule has 0 aliphatic heterocycles. The first kappa shape index (κ1) is 20.0. The van der Waals surface area contributed by atoms with Crippen molar-refractivity contribution in [2.24, 2.45) is 0 Å². The van der Waals surface area contributed by atoms with Crippen LogP contribution in [-0.2, 0) is 11.3 Å². The molecule has 9 nitrogen and oxygen atoms in total. The fourth-order valence-corrected chi connectivity index (χ4v) is 3.30. The van der Waals surface area contributed by atoms with Gasteiger partial charge in [0.15, 0.2) is 0 Å². The number of aromatic nitrogens is 5. The maximum Gasteiger partial charge on any atom is 0.337 e. The number of aryl methyl sites for hydroxylation is 1. The van der Waals surface area contributed by atoms with Crippen molar-refractivity contribution in [3.63, 3.8) is 0 Å². The molecule has 156 valence electrons. The topological polar surface area (TPSA) is 123 Å². The van der Waals surface area contributed by atoms with E-state index in [9.17, 15) is 14.4 Å².